The van der Waals surface area contributed by atoms with Crippen molar-refractivity contribution in [1.29, 1.82) is 0 Å². The summed E-state index contributed by atoms with van der Waals surface area (Å²) in [6.45, 7) is 4.48. The van der Waals surface area contributed by atoms with Crippen molar-refractivity contribution in [3.63, 3.8) is 0 Å². The summed E-state index contributed by atoms with van der Waals surface area (Å²) in [4.78, 5) is 34.7. The number of hydrogen-bond donors (Lipinski definition) is 1. The summed E-state index contributed by atoms with van der Waals surface area (Å²) in [5.41, 5.74) is 1.25. The number of nitrogens with one attached hydrogen (secondary N) is 1. The molecular weight excluding hydrogens is 428 g/mol. The van der Waals surface area contributed by atoms with Crippen molar-refractivity contribution in [2.75, 3.05) is 13.1 Å². The molecule has 3 aromatic rings. The smallest absolute Gasteiger partial charge is 0.258 e. The molecule has 0 unspecified atom stereocenters. The first kappa shape index (κ1) is 22.2. The molecule has 1 amide bonds. The number of nitrogens with zero attached hydrogens (tertiary/aromatic N) is 3. The zero-order chi connectivity index (χ0) is 22.9. The Bertz CT molecular complexity index is 1300. The van der Waals surface area contributed by atoms with Gasteiger partial charge in [-0.2, -0.15) is 4.31 Å². The average Bonchev–Trinajstić information content (AvgIpc) is 3.28. The summed E-state index contributed by atoms with van der Waals surface area (Å²) < 4.78 is 27.7. The van der Waals surface area contributed by atoms with Crippen LogP contribution in [0.4, 0.5) is 0 Å². The van der Waals surface area contributed by atoms with Crippen LogP contribution in [0.25, 0.3) is 10.9 Å². The molecule has 0 aliphatic carbocycles. The monoisotopic (exact) mass is 454 g/mol. The first-order chi connectivity index (χ1) is 15.3. The van der Waals surface area contributed by atoms with Gasteiger partial charge in [-0.25, -0.2) is 13.4 Å². The molecule has 2 aromatic carbocycles. The van der Waals surface area contributed by atoms with Crippen LogP contribution in [0, 0.1) is 6.92 Å². The van der Waals surface area contributed by atoms with Gasteiger partial charge in [0.15, 0.2) is 0 Å². The van der Waals surface area contributed by atoms with Crippen LogP contribution in [0.1, 0.15) is 31.2 Å². The average molecular weight is 455 g/mol. The molecule has 0 radical (unpaired) electrons. The number of aryl methyl sites for hydroxylation is 1. The summed E-state index contributed by atoms with van der Waals surface area (Å²) in [5, 5.41) is 0.483. The SMILES string of the molecule is CCN(Cc1nc2ccccc2c(=O)[nH]1)C(=O)[C@@H]1CCCN1S(=O)(=O)c1ccc(C)cc1. The Morgan fingerprint density at radius 1 is 1.19 bits per heavy atom. The molecule has 1 aromatic heterocycles. The second-order valence-corrected chi connectivity index (χ2v) is 9.86. The van der Waals surface area contributed by atoms with Crippen molar-refractivity contribution < 1.29 is 13.2 Å². The quantitative estimate of drug-likeness (QED) is 0.616. The third-order valence-electron chi connectivity index (χ3n) is 5.81. The van der Waals surface area contributed by atoms with Gasteiger partial charge >= 0.3 is 0 Å². The van der Waals surface area contributed by atoms with Gasteiger partial charge in [0.05, 0.1) is 22.3 Å². The number of rotatable bonds is 6. The molecule has 8 nitrogen and oxygen atoms in total. The van der Waals surface area contributed by atoms with Gasteiger partial charge in [-0.15, -0.1) is 0 Å². The fourth-order valence-electron chi connectivity index (χ4n) is 4.07. The van der Waals surface area contributed by atoms with E-state index in [-0.39, 0.29) is 22.9 Å². The second kappa shape index (κ2) is 8.84. The minimum atomic E-state index is -3.79. The Kier molecular flexibility index (Phi) is 6.12. The van der Waals surface area contributed by atoms with E-state index in [0.717, 1.165) is 5.56 Å². The predicted molar refractivity (Wildman–Crippen MR) is 122 cm³/mol. The van der Waals surface area contributed by atoms with E-state index in [1.54, 1.807) is 53.4 Å². The molecule has 0 spiro atoms. The summed E-state index contributed by atoms with van der Waals surface area (Å²) in [6, 6.07) is 12.9. The maximum Gasteiger partial charge on any atom is 0.258 e. The highest BCUT2D eigenvalue weighted by Gasteiger charge is 2.41. The van der Waals surface area contributed by atoms with Crippen LogP contribution in [0.2, 0.25) is 0 Å². The standard InChI is InChI=1S/C23H26N4O4S/c1-3-26(15-21-24-19-8-5-4-7-18(19)22(28)25-21)23(29)20-9-6-14-27(20)32(30,31)17-12-10-16(2)11-13-17/h4-5,7-8,10-13,20H,3,6,9,14-15H2,1-2H3,(H,24,25,28)/t20-/m0/s1. The second-order valence-electron chi connectivity index (χ2n) is 7.97. The Hall–Kier alpha value is -3.04. The number of likely N-dealkylation sites (N-methyl/N-ethyl adjacent to an activating group) is 1. The van der Waals surface area contributed by atoms with Crippen molar-refractivity contribution in [2.45, 2.75) is 44.2 Å². The van der Waals surface area contributed by atoms with Crippen molar-refractivity contribution >= 4 is 26.8 Å². The van der Waals surface area contributed by atoms with E-state index in [2.05, 4.69) is 9.97 Å². The Balaban J connectivity index is 1.59. The maximum atomic E-state index is 13.4. The third kappa shape index (κ3) is 4.18. The van der Waals surface area contributed by atoms with Crippen molar-refractivity contribution in [1.82, 2.24) is 19.2 Å². The van der Waals surface area contributed by atoms with Gasteiger partial charge in [0.1, 0.15) is 11.9 Å². The lowest BCUT2D eigenvalue weighted by molar-refractivity contribution is -0.135. The molecule has 32 heavy (non-hydrogen) atoms. The fraction of sp³-hybridized carbons (Fsp3) is 0.348. The fourth-order valence-corrected chi connectivity index (χ4v) is 5.72. The van der Waals surface area contributed by atoms with Crippen molar-refractivity contribution in [2.24, 2.45) is 0 Å². The van der Waals surface area contributed by atoms with Crippen LogP contribution in [-0.4, -0.2) is 52.6 Å². The first-order valence-corrected chi connectivity index (χ1v) is 12.1. The van der Waals surface area contributed by atoms with Crippen molar-refractivity contribution in [3.8, 4) is 0 Å². The highest BCUT2D eigenvalue weighted by Crippen LogP contribution is 2.28. The third-order valence-corrected chi connectivity index (χ3v) is 7.73. The molecule has 0 bridgehead atoms. The van der Waals surface area contributed by atoms with E-state index >= 15 is 0 Å². The van der Waals surface area contributed by atoms with E-state index in [1.165, 1.54) is 4.31 Å². The van der Waals surface area contributed by atoms with Crippen LogP contribution < -0.4 is 5.56 Å². The Labute approximate surface area is 186 Å². The summed E-state index contributed by atoms with van der Waals surface area (Å²) in [7, 11) is -3.79. The molecule has 1 aliphatic heterocycles. The lowest BCUT2D eigenvalue weighted by Crippen LogP contribution is -2.47. The Morgan fingerprint density at radius 3 is 2.62 bits per heavy atom. The number of para-hydroxylation sites is 1. The van der Waals surface area contributed by atoms with Gasteiger partial charge < -0.3 is 9.88 Å². The van der Waals surface area contributed by atoms with Crippen LogP contribution >= 0.6 is 0 Å². The van der Waals surface area contributed by atoms with E-state index < -0.39 is 16.1 Å². The maximum absolute atomic E-state index is 13.4. The van der Waals surface area contributed by atoms with E-state index in [9.17, 15) is 18.0 Å². The van der Waals surface area contributed by atoms with Gasteiger partial charge in [0, 0.05) is 13.1 Å². The van der Waals surface area contributed by atoms with Gasteiger partial charge in [-0.05, 0) is 51.0 Å². The molecule has 1 saturated heterocycles. The molecule has 1 aliphatic rings. The highest BCUT2D eigenvalue weighted by atomic mass is 32.2. The minimum Gasteiger partial charge on any atom is -0.334 e. The number of benzene rings is 2. The Morgan fingerprint density at radius 2 is 1.91 bits per heavy atom. The number of sulfonamides is 1. The predicted octanol–water partition coefficient (Wildman–Crippen LogP) is 2.43. The molecular formula is C23H26N4O4S. The van der Waals surface area contributed by atoms with Gasteiger partial charge in [-0.1, -0.05) is 29.8 Å². The van der Waals surface area contributed by atoms with Gasteiger partial charge in [0.2, 0.25) is 15.9 Å². The van der Waals surface area contributed by atoms with E-state index in [1.807, 2.05) is 13.8 Å². The number of amides is 1. The van der Waals surface area contributed by atoms with Crippen LogP contribution in [0.3, 0.4) is 0 Å². The largest absolute Gasteiger partial charge is 0.334 e. The molecule has 1 atom stereocenters. The molecule has 0 saturated carbocycles. The van der Waals surface area contributed by atoms with Crippen LogP contribution in [0.5, 0.6) is 0 Å². The zero-order valence-electron chi connectivity index (χ0n) is 18.1. The number of fused-ring (bicyclic) bond motifs is 1. The summed E-state index contributed by atoms with van der Waals surface area (Å²) in [5.74, 6) is 0.0892. The first-order valence-electron chi connectivity index (χ1n) is 10.7. The number of carbonyl (C=O) groups is 1. The number of aromatic nitrogens is 2. The molecule has 168 valence electrons. The molecule has 2 heterocycles. The highest BCUT2D eigenvalue weighted by molar-refractivity contribution is 7.89. The summed E-state index contributed by atoms with van der Waals surface area (Å²) in [6.07, 6.45) is 1.08. The van der Waals surface area contributed by atoms with Crippen LogP contribution in [-0.2, 0) is 21.4 Å². The number of carbonyl (C=O) groups excluding carboxylic acids is 1. The molecule has 1 N–H and O–H groups in total. The van der Waals surface area contributed by atoms with Crippen LogP contribution in [0.15, 0.2) is 58.2 Å². The van der Waals surface area contributed by atoms with E-state index in [4.69, 9.17) is 0 Å². The van der Waals surface area contributed by atoms with Crippen molar-refractivity contribution in [3.05, 3.63) is 70.3 Å². The minimum absolute atomic E-state index is 0.102. The molecule has 9 heteroatoms. The number of hydrogen-bond acceptors (Lipinski definition) is 5. The van der Waals surface area contributed by atoms with Gasteiger partial charge in [-0.3, -0.25) is 9.59 Å². The lowest BCUT2D eigenvalue weighted by Gasteiger charge is -2.29. The topological polar surface area (TPSA) is 103 Å². The zero-order valence-corrected chi connectivity index (χ0v) is 18.9. The van der Waals surface area contributed by atoms with Gasteiger partial charge in [0.25, 0.3) is 5.56 Å². The summed E-state index contributed by atoms with van der Waals surface area (Å²) >= 11 is 0. The molecule has 4 rings (SSSR count). The number of aromatic amines is 1. The number of H-pyrrole nitrogens is 1. The normalized spacial score (nSPS) is 17.0. The molecule has 1 fully saturated rings. The van der Waals surface area contributed by atoms with E-state index in [0.29, 0.717) is 42.7 Å². The lowest BCUT2D eigenvalue weighted by atomic mass is 10.2.